The van der Waals surface area contributed by atoms with E-state index in [1.807, 2.05) is 61.5 Å². The van der Waals surface area contributed by atoms with Crippen molar-refractivity contribution < 1.29 is 24.8 Å². The first-order valence-electron chi connectivity index (χ1n) is 9.96. The van der Waals surface area contributed by atoms with Gasteiger partial charge >= 0.3 is 0 Å². The monoisotopic (exact) mass is 410 g/mol. The van der Waals surface area contributed by atoms with E-state index in [0.29, 0.717) is 39.7 Å². The van der Waals surface area contributed by atoms with Crippen LogP contribution in [0.2, 0.25) is 0 Å². The van der Waals surface area contributed by atoms with Crippen LogP contribution >= 0.6 is 0 Å². The van der Waals surface area contributed by atoms with Crippen molar-refractivity contribution in [2.75, 3.05) is 0 Å². The lowest BCUT2D eigenvalue weighted by Crippen LogP contribution is -2.37. The van der Waals surface area contributed by atoms with Gasteiger partial charge in [-0.05, 0) is 42.8 Å². The van der Waals surface area contributed by atoms with Crippen LogP contribution in [-0.4, -0.2) is 15.3 Å². The lowest BCUT2D eigenvalue weighted by Gasteiger charge is -2.45. The molecule has 1 spiro atoms. The zero-order valence-electron chi connectivity index (χ0n) is 16.6. The van der Waals surface area contributed by atoms with Crippen LogP contribution in [0.3, 0.4) is 0 Å². The molecule has 4 aromatic carbocycles. The Balaban J connectivity index is 1.91. The molecule has 5 heteroatoms. The maximum Gasteiger partial charge on any atom is 0.166 e. The highest BCUT2D eigenvalue weighted by Crippen LogP contribution is 2.65. The Morgan fingerprint density at radius 3 is 1.71 bits per heavy atom. The molecule has 152 valence electrons. The van der Waals surface area contributed by atoms with Crippen molar-refractivity contribution in [3.63, 3.8) is 0 Å². The van der Waals surface area contributed by atoms with Crippen molar-refractivity contribution in [1.29, 1.82) is 0 Å². The molecule has 0 aromatic heterocycles. The van der Waals surface area contributed by atoms with E-state index < -0.39 is 5.41 Å². The van der Waals surface area contributed by atoms with Crippen molar-refractivity contribution in [3.8, 4) is 40.2 Å². The molecule has 2 heterocycles. The molecule has 4 aromatic rings. The molecule has 5 nitrogen and oxygen atoms in total. The molecule has 3 N–H and O–H groups in total. The van der Waals surface area contributed by atoms with Gasteiger partial charge in [0.1, 0.15) is 28.7 Å². The third-order valence-corrected chi connectivity index (χ3v) is 6.23. The van der Waals surface area contributed by atoms with E-state index >= 15 is 0 Å². The predicted molar refractivity (Wildman–Crippen MR) is 115 cm³/mol. The topological polar surface area (TPSA) is 79.2 Å². The van der Waals surface area contributed by atoms with Crippen LogP contribution in [-0.2, 0) is 5.41 Å². The maximum atomic E-state index is 11.3. The highest BCUT2D eigenvalue weighted by Gasteiger charge is 2.54. The summed E-state index contributed by atoms with van der Waals surface area (Å²) in [5.41, 5.74) is 1.86. The van der Waals surface area contributed by atoms with Crippen molar-refractivity contribution in [1.82, 2.24) is 0 Å². The van der Waals surface area contributed by atoms with Crippen molar-refractivity contribution in [3.05, 3.63) is 101 Å². The largest absolute Gasteiger partial charge is 0.507 e. The minimum absolute atomic E-state index is 0.0670. The van der Waals surface area contributed by atoms with E-state index in [0.717, 1.165) is 11.1 Å². The Morgan fingerprint density at radius 2 is 1.10 bits per heavy atom. The van der Waals surface area contributed by atoms with Crippen molar-refractivity contribution in [2.45, 2.75) is 12.3 Å². The molecule has 0 aliphatic carbocycles. The molecule has 0 saturated carbocycles. The Labute approximate surface area is 178 Å². The first kappa shape index (κ1) is 17.7. The number of fused-ring (bicyclic) bond motifs is 8. The fourth-order valence-electron chi connectivity index (χ4n) is 4.91. The van der Waals surface area contributed by atoms with Gasteiger partial charge in [0, 0.05) is 11.1 Å². The number of aromatic hydroxyl groups is 3. The number of ether oxygens (including phenoxy) is 2. The first-order chi connectivity index (χ1) is 15.0. The number of hydrogen-bond acceptors (Lipinski definition) is 5. The van der Waals surface area contributed by atoms with E-state index in [1.165, 1.54) is 6.07 Å². The molecule has 2 aliphatic heterocycles. The number of aryl methyl sites for hydroxylation is 1. The van der Waals surface area contributed by atoms with Gasteiger partial charge in [0.15, 0.2) is 11.5 Å². The van der Waals surface area contributed by atoms with Crippen LogP contribution in [0, 0.1) is 6.92 Å². The third kappa shape index (κ3) is 2.10. The molecule has 2 aliphatic rings. The number of benzene rings is 4. The molecule has 0 fully saturated rings. The Hall–Kier alpha value is -4.12. The first-order valence-corrected chi connectivity index (χ1v) is 9.96. The quantitative estimate of drug-likeness (QED) is 0.280. The van der Waals surface area contributed by atoms with Gasteiger partial charge in [-0.15, -0.1) is 0 Å². The molecule has 1 atom stereocenters. The van der Waals surface area contributed by atoms with E-state index in [9.17, 15) is 15.3 Å². The molecule has 31 heavy (non-hydrogen) atoms. The van der Waals surface area contributed by atoms with Gasteiger partial charge < -0.3 is 24.8 Å². The Bertz CT molecular complexity index is 1280. The molecule has 0 unspecified atom stereocenters. The van der Waals surface area contributed by atoms with Gasteiger partial charge in [0.2, 0.25) is 0 Å². The number of para-hydroxylation sites is 2. The highest BCUT2D eigenvalue weighted by atomic mass is 16.5. The summed E-state index contributed by atoms with van der Waals surface area (Å²) >= 11 is 0. The average molecular weight is 410 g/mol. The second kappa shape index (κ2) is 5.95. The SMILES string of the molecule is Cc1ccc2c(c1O)[C@]1(c3ccccc3O2)c2ccccc2Oc2ccc(O)c(O)c21. The van der Waals surface area contributed by atoms with Crippen LogP contribution in [0.1, 0.15) is 27.8 Å². The average Bonchev–Trinajstić information content (AvgIpc) is 2.79. The zero-order chi connectivity index (χ0) is 21.3. The molecule has 0 amide bonds. The van der Waals surface area contributed by atoms with E-state index in [2.05, 4.69) is 0 Å². The van der Waals surface area contributed by atoms with Crippen LogP contribution in [0.15, 0.2) is 72.8 Å². The van der Waals surface area contributed by atoms with Gasteiger partial charge in [-0.1, -0.05) is 42.5 Å². The summed E-state index contributed by atoms with van der Waals surface area (Å²) in [5.74, 6) is 1.59. The fourth-order valence-corrected chi connectivity index (χ4v) is 4.91. The molecule has 0 saturated heterocycles. The molecular formula is C26H18O5. The second-order valence-electron chi connectivity index (χ2n) is 7.86. The fraction of sp³-hybridized carbons (Fsp3) is 0.0769. The number of phenols is 3. The molecule has 6 rings (SSSR count). The second-order valence-corrected chi connectivity index (χ2v) is 7.86. The standard InChI is InChI=1S/C26H18O5/c1-14-10-12-20-22(24(14)28)26(15-6-2-4-8-18(15)30-20)16-7-3-5-9-19(16)31-21-13-11-17(27)25(29)23(21)26/h2-13,27-29H,1H3/t26-/m0/s1. The van der Waals surface area contributed by atoms with Gasteiger partial charge in [0.25, 0.3) is 0 Å². The summed E-state index contributed by atoms with van der Waals surface area (Å²) in [6, 6.07) is 21.7. The summed E-state index contributed by atoms with van der Waals surface area (Å²) in [6.45, 7) is 1.82. The predicted octanol–water partition coefficient (Wildman–Crippen LogP) is 5.71. The van der Waals surface area contributed by atoms with Crippen LogP contribution < -0.4 is 9.47 Å². The molecule has 0 radical (unpaired) electrons. The van der Waals surface area contributed by atoms with E-state index in [4.69, 9.17) is 9.47 Å². The van der Waals surface area contributed by atoms with Crippen molar-refractivity contribution in [2.24, 2.45) is 0 Å². The Kier molecular flexibility index (Phi) is 3.40. The van der Waals surface area contributed by atoms with Crippen molar-refractivity contribution >= 4 is 0 Å². The van der Waals surface area contributed by atoms with Crippen LogP contribution in [0.5, 0.6) is 40.2 Å². The minimum Gasteiger partial charge on any atom is -0.507 e. The summed E-state index contributed by atoms with van der Waals surface area (Å²) in [5, 5.41) is 32.9. The van der Waals surface area contributed by atoms with E-state index in [1.54, 1.807) is 12.1 Å². The number of hydrogen-bond donors (Lipinski definition) is 3. The normalized spacial score (nSPS) is 17.6. The number of rotatable bonds is 0. The zero-order valence-corrected chi connectivity index (χ0v) is 16.6. The lowest BCUT2D eigenvalue weighted by molar-refractivity contribution is 0.355. The smallest absolute Gasteiger partial charge is 0.166 e. The molecule has 0 bridgehead atoms. The minimum atomic E-state index is -1.16. The summed E-state index contributed by atoms with van der Waals surface area (Å²) in [4.78, 5) is 0. The van der Waals surface area contributed by atoms with E-state index in [-0.39, 0.29) is 17.2 Å². The third-order valence-electron chi connectivity index (χ3n) is 6.23. The number of phenolic OH excluding ortho intramolecular Hbond substituents is 3. The van der Waals surface area contributed by atoms with Gasteiger partial charge in [-0.2, -0.15) is 0 Å². The van der Waals surface area contributed by atoms with Crippen LogP contribution in [0.25, 0.3) is 0 Å². The Morgan fingerprint density at radius 1 is 0.581 bits per heavy atom. The summed E-state index contributed by atoms with van der Waals surface area (Å²) in [6.07, 6.45) is 0. The van der Waals surface area contributed by atoms with Gasteiger partial charge in [-0.25, -0.2) is 0 Å². The highest BCUT2D eigenvalue weighted by molar-refractivity contribution is 5.80. The molecular weight excluding hydrogens is 392 g/mol. The van der Waals surface area contributed by atoms with Crippen LogP contribution in [0.4, 0.5) is 0 Å². The summed E-state index contributed by atoms with van der Waals surface area (Å²) < 4.78 is 12.3. The van der Waals surface area contributed by atoms with Gasteiger partial charge in [0.05, 0.1) is 16.5 Å². The maximum absolute atomic E-state index is 11.3. The van der Waals surface area contributed by atoms with Gasteiger partial charge in [-0.3, -0.25) is 0 Å². The lowest BCUT2D eigenvalue weighted by atomic mass is 9.61. The summed E-state index contributed by atoms with van der Waals surface area (Å²) in [7, 11) is 0.